The van der Waals surface area contributed by atoms with E-state index in [1.54, 1.807) is 0 Å². The number of sulfonamides is 1. The first-order valence-electron chi connectivity index (χ1n) is 6.54. The quantitative estimate of drug-likeness (QED) is 0.656. The molecule has 1 saturated heterocycles. The van der Waals surface area contributed by atoms with Gasteiger partial charge in [-0.2, -0.15) is 4.31 Å². The van der Waals surface area contributed by atoms with Crippen molar-refractivity contribution in [2.24, 2.45) is 0 Å². The maximum Gasteiger partial charge on any atom is 0.216 e. The van der Waals surface area contributed by atoms with Crippen molar-refractivity contribution in [1.82, 2.24) is 4.31 Å². The molecule has 0 aromatic carbocycles. The largest absolute Gasteiger partial charge is 0.381 e. The van der Waals surface area contributed by atoms with Crippen LogP contribution in [0.4, 0.5) is 0 Å². The molecule has 18 heavy (non-hydrogen) atoms. The fourth-order valence-corrected chi connectivity index (χ4v) is 3.91. The Morgan fingerprint density at radius 1 is 1.39 bits per heavy atom. The lowest BCUT2D eigenvalue weighted by molar-refractivity contribution is -0.118. The Kier molecular flexibility index (Phi) is 6.25. The molecule has 0 amide bonds. The summed E-state index contributed by atoms with van der Waals surface area (Å²) >= 11 is 0. The van der Waals surface area contributed by atoms with Crippen LogP contribution in [0.1, 0.15) is 39.5 Å². The molecular weight excluding hydrogens is 254 g/mol. The first-order valence-corrected chi connectivity index (χ1v) is 8.15. The number of Topliss-reactive ketones (excluding diaryl/α,β-unsaturated/α-hetero) is 1. The summed E-state index contributed by atoms with van der Waals surface area (Å²) in [6.45, 7) is 4.63. The van der Waals surface area contributed by atoms with Crippen LogP contribution in [0.5, 0.6) is 0 Å². The second-order valence-electron chi connectivity index (χ2n) is 4.68. The molecule has 1 aliphatic heterocycles. The van der Waals surface area contributed by atoms with Gasteiger partial charge >= 0.3 is 0 Å². The second kappa shape index (κ2) is 7.21. The molecule has 0 N–H and O–H groups in total. The van der Waals surface area contributed by atoms with E-state index in [9.17, 15) is 13.2 Å². The van der Waals surface area contributed by atoms with E-state index in [1.165, 1.54) is 11.2 Å². The number of carbonyl (C=O) groups excluding carboxylic acids is 1. The smallest absolute Gasteiger partial charge is 0.216 e. The lowest BCUT2D eigenvalue weighted by Crippen LogP contribution is -2.46. The molecule has 1 rings (SSSR count). The average molecular weight is 277 g/mol. The second-order valence-corrected chi connectivity index (χ2v) is 6.72. The third kappa shape index (κ3) is 4.66. The van der Waals surface area contributed by atoms with Crippen LogP contribution >= 0.6 is 0 Å². The van der Waals surface area contributed by atoms with Gasteiger partial charge in [0, 0.05) is 25.6 Å². The molecule has 0 radical (unpaired) electrons. The Bertz CT molecular complexity index is 366. The van der Waals surface area contributed by atoms with E-state index in [0.717, 1.165) is 19.3 Å². The first-order chi connectivity index (χ1) is 8.47. The van der Waals surface area contributed by atoms with E-state index < -0.39 is 10.0 Å². The van der Waals surface area contributed by atoms with Crippen LogP contribution in [0.15, 0.2) is 0 Å². The van der Waals surface area contributed by atoms with Crippen LogP contribution in [0, 0.1) is 0 Å². The molecule has 0 saturated carbocycles. The molecule has 1 atom stereocenters. The Morgan fingerprint density at radius 3 is 2.72 bits per heavy atom. The number of rotatable bonds is 7. The van der Waals surface area contributed by atoms with E-state index in [2.05, 4.69) is 0 Å². The van der Waals surface area contributed by atoms with Gasteiger partial charge in [0.25, 0.3) is 0 Å². The minimum absolute atomic E-state index is 0.00917. The summed E-state index contributed by atoms with van der Waals surface area (Å²) in [7, 11) is -3.29. The summed E-state index contributed by atoms with van der Waals surface area (Å²) in [6, 6.07) is -0.150. The third-order valence-electron chi connectivity index (χ3n) is 3.14. The minimum Gasteiger partial charge on any atom is -0.381 e. The summed E-state index contributed by atoms with van der Waals surface area (Å²) in [5, 5.41) is 0. The van der Waals surface area contributed by atoms with Gasteiger partial charge in [-0.05, 0) is 26.7 Å². The van der Waals surface area contributed by atoms with Gasteiger partial charge < -0.3 is 4.74 Å². The molecule has 0 aliphatic carbocycles. The van der Waals surface area contributed by atoms with Crippen molar-refractivity contribution in [2.45, 2.75) is 45.6 Å². The van der Waals surface area contributed by atoms with Gasteiger partial charge in [-0.1, -0.05) is 6.42 Å². The predicted molar refractivity (Wildman–Crippen MR) is 69.9 cm³/mol. The van der Waals surface area contributed by atoms with Crippen molar-refractivity contribution in [3.8, 4) is 0 Å². The van der Waals surface area contributed by atoms with Gasteiger partial charge in [-0.15, -0.1) is 0 Å². The van der Waals surface area contributed by atoms with Crippen LogP contribution in [-0.4, -0.2) is 50.1 Å². The number of carbonyl (C=O) groups is 1. The maximum atomic E-state index is 12.2. The predicted octanol–water partition coefficient (Wildman–Crippen LogP) is 1.19. The number of ketones is 1. The number of hydrogen-bond acceptors (Lipinski definition) is 4. The van der Waals surface area contributed by atoms with Crippen molar-refractivity contribution >= 4 is 15.8 Å². The zero-order valence-electron chi connectivity index (χ0n) is 11.2. The SMILES string of the molecule is CCOCCS(=O)(=O)N1CCCCC1CC(C)=O. The monoisotopic (exact) mass is 277 g/mol. The number of piperidine rings is 1. The van der Waals surface area contributed by atoms with Crippen molar-refractivity contribution in [2.75, 3.05) is 25.5 Å². The maximum absolute atomic E-state index is 12.2. The van der Waals surface area contributed by atoms with Crippen molar-refractivity contribution < 1.29 is 17.9 Å². The summed E-state index contributed by atoms with van der Waals surface area (Å²) < 4.78 is 31.0. The Labute approximate surface area is 110 Å². The highest BCUT2D eigenvalue weighted by atomic mass is 32.2. The van der Waals surface area contributed by atoms with Crippen molar-refractivity contribution in [3.63, 3.8) is 0 Å². The summed E-state index contributed by atoms with van der Waals surface area (Å²) in [4.78, 5) is 11.2. The molecule has 1 aliphatic rings. The zero-order chi connectivity index (χ0) is 13.6. The lowest BCUT2D eigenvalue weighted by atomic mass is 10.0. The van der Waals surface area contributed by atoms with Gasteiger partial charge in [0.2, 0.25) is 10.0 Å². The van der Waals surface area contributed by atoms with Crippen LogP contribution < -0.4 is 0 Å². The van der Waals surface area contributed by atoms with Crippen molar-refractivity contribution in [3.05, 3.63) is 0 Å². The molecule has 0 spiro atoms. The van der Waals surface area contributed by atoms with Crippen molar-refractivity contribution in [1.29, 1.82) is 0 Å². The highest BCUT2D eigenvalue weighted by Crippen LogP contribution is 2.23. The molecule has 5 nitrogen and oxygen atoms in total. The third-order valence-corrected chi connectivity index (χ3v) is 5.02. The molecule has 0 aromatic heterocycles. The van der Waals surface area contributed by atoms with Crippen LogP contribution in [0.25, 0.3) is 0 Å². The fourth-order valence-electron chi connectivity index (χ4n) is 2.30. The summed E-state index contributed by atoms with van der Waals surface area (Å²) in [6.07, 6.45) is 2.99. The molecule has 1 fully saturated rings. The van der Waals surface area contributed by atoms with Gasteiger partial charge in [0.1, 0.15) is 5.78 Å². The lowest BCUT2D eigenvalue weighted by Gasteiger charge is -2.34. The highest BCUT2D eigenvalue weighted by molar-refractivity contribution is 7.89. The van der Waals surface area contributed by atoms with E-state index in [-0.39, 0.29) is 24.2 Å². The number of nitrogens with zero attached hydrogens (tertiary/aromatic N) is 1. The van der Waals surface area contributed by atoms with Crippen LogP contribution in [-0.2, 0) is 19.6 Å². The molecule has 1 unspecified atom stereocenters. The van der Waals surface area contributed by atoms with Gasteiger partial charge in [0.15, 0.2) is 0 Å². The standard InChI is InChI=1S/C12H23NO4S/c1-3-17-8-9-18(15,16)13-7-5-4-6-12(13)10-11(2)14/h12H,3-10H2,1-2H3. The minimum atomic E-state index is -3.29. The Hall–Kier alpha value is -0.460. The molecule has 0 bridgehead atoms. The van der Waals surface area contributed by atoms with E-state index in [0.29, 0.717) is 19.6 Å². The summed E-state index contributed by atoms with van der Waals surface area (Å²) in [5.41, 5.74) is 0. The van der Waals surface area contributed by atoms with Gasteiger partial charge in [0.05, 0.1) is 12.4 Å². The van der Waals surface area contributed by atoms with Gasteiger partial charge in [-0.25, -0.2) is 8.42 Å². The van der Waals surface area contributed by atoms with Crippen LogP contribution in [0.3, 0.4) is 0 Å². The number of ether oxygens (including phenoxy) is 1. The summed E-state index contributed by atoms with van der Waals surface area (Å²) in [5.74, 6) is 0.0572. The van der Waals surface area contributed by atoms with Gasteiger partial charge in [-0.3, -0.25) is 4.79 Å². The van der Waals surface area contributed by atoms with E-state index in [4.69, 9.17) is 4.74 Å². The normalized spacial score (nSPS) is 22.0. The van der Waals surface area contributed by atoms with E-state index in [1.807, 2.05) is 6.92 Å². The topological polar surface area (TPSA) is 63.7 Å². The molecule has 106 valence electrons. The molecule has 6 heteroatoms. The molecule has 1 heterocycles. The zero-order valence-corrected chi connectivity index (χ0v) is 12.0. The Balaban J connectivity index is 2.66. The van der Waals surface area contributed by atoms with Crippen LogP contribution in [0.2, 0.25) is 0 Å². The number of hydrogen-bond donors (Lipinski definition) is 0. The van der Waals surface area contributed by atoms with E-state index >= 15 is 0 Å². The highest BCUT2D eigenvalue weighted by Gasteiger charge is 2.32. The first kappa shape index (κ1) is 15.6. The molecular formula is C12H23NO4S. The Morgan fingerprint density at radius 2 is 2.11 bits per heavy atom. The average Bonchev–Trinajstić information content (AvgIpc) is 2.29. The fraction of sp³-hybridized carbons (Fsp3) is 0.917. The molecule has 0 aromatic rings.